The Morgan fingerprint density at radius 1 is 1.29 bits per heavy atom. The Balaban J connectivity index is 1.98. The quantitative estimate of drug-likeness (QED) is 0.790. The first-order valence-corrected chi connectivity index (χ1v) is 8.54. The van der Waals surface area contributed by atoms with Crippen LogP contribution >= 0.6 is 15.9 Å². The molecule has 2 atom stereocenters. The van der Waals surface area contributed by atoms with Crippen LogP contribution in [0.5, 0.6) is 0 Å². The van der Waals surface area contributed by atoms with Crippen LogP contribution in [0.1, 0.15) is 32.8 Å². The molecule has 1 aromatic rings. The van der Waals surface area contributed by atoms with Gasteiger partial charge in [-0.1, -0.05) is 28.1 Å². The number of ether oxygens (including phenoxy) is 2. The molecule has 0 radical (unpaired) electrons. The number of esters is 1. The predicted octanol–water partition coefficient (Wildman–Crippen LogP) is 2.86. The molecule has 0 saturated carbocycles. The van der Waals surface area contributed by atoms with Crippen molar-refractivity contribution in [3.8, 4) is 0 Å². The van der Waals surface area contributed by atoms with E-state index in [-0.39, 0.29) is 19.6 Å². The first kappa shape index (κ1) is 18.7. The number of aliphatic hydroxyl groups excluding tert-OH is 1. The molecule has 1 N–H and O–H groups in total. The summed E-state index contributed by atoms with van der Waals surface area (Å²) in [5, 5.41) is 9.82. The van der Waals surface area contributed by atoms with E-state index in [1.165, 1.54) is 4.90 Å². The third-order valence-corrected chi connectivity index (χ3v) is 4.00. The smallest absolute Gasteiger partial charge is 0.411 e. The monoisotopic (exact) mass is 399 g/mol. The van der Waals surface area contributed by atoms with Crippen LogP contribution in [0, 0.1) is 0 Å². The minimum absolute atomic E-state index is 0.0625. The van der Waals surface area contributed by atoms with Crippen LogP contribution in [0.2, 0.25) is 0 Å². The van der Waals surface area contributed by atoms with Crippen molar-refractivity contribution in [2.45, 2.75) is 51.5 Å². The Bertz CT molecular complexity index is 596. The summed E-state index contributed by atoms with van der Waals surface area (Å²) in [5.41, 5.74) is 0.171. The maximum atomic E-state index is 12.3. The average molecular weight is 400 g/mol. The third kappa shape index (κ3) is 5.21. The number of carbonyl (C=O) groups is 2. The van der Waals surface area contributed by atoms with Crippen molar-refractivity contribution in [2.24, 2.45) is 0 Å². The van der Waals surface area contributed by atoms with Crippen LogP contribution in [0.3, 0.4) is 0 Å². The number of halogens is 1. The first-order chi connectivity index (χ1) is 11.2. The van der Waals surface area contributed by atoms with Crippen LogP contribution in [0.15, 0.2) is 28.7 Å². The summed E-state index contributed by atoms with van der Waals surface area (Å²) in [6.45, 7) is 5.42. The molecule has 1 aliphatic heterocycles. The fraction of sp³-hybridized carbons (Fsp3) is 0.529. The fourth-order valence-corrected chi connectivity index (χ4v) is 2.66. The summed E-state index contributed by atoms with van der Waals surface area (Å²) in [7, 11) is 0. The number of amides is 1. The van der Waals surface area contributed by atoms with E-state index in [0.29, 0.717) is 0 Å². The number of aliphatic hydroxyl groups is 1. The molecule has 0 aliphatic carbocycles. The molecule has 0 aromatic heterocycles. The Kier molecular flexibility index (Phi) is 5.87. The molecule has 7 heteroatoms. The number of hydrogen-bond donors (Lipinski definition) is 1. The van der Waals surface area contributed by atoms with E-state index in [0.717, 1.165) is 10.0 Å². The second-order valence-corrected chi connectivity index (χ2v) is 7.69. The molecule has 6 nitrogen and oxygen atoms in total. The highest BCUT2D eigenvalue weighted by molar-refractivity contribution is 9.10. The van der Waals surface area contributed by atoms with Gasteiger partial charge in [0.2, 0.25) is 0 Å². The largest absolute Gasteiger partial charge is 0.459 e. The van der Waals surface area contributed by atoms with Crippen molar-refractivity contribution < 1.29 is 24.2 Å². The van der Waals surface area contributed by atoms with Crippen LogP contribution in [0.25, 0.3) is 0 Å². The van der Waals surface area contributed by atoms with Gasteiger partial charge in [0, 0.05) is 10.9 Å². The van der Waals surface area contributed by atoms with Crippen LogP contribution in [-0.2, 0) is 20.9 Å². The average Bonchev–Trinajstić information content (AvgIpc) is 2.87. The topological polar surface area (TPSA) is 76.1 Å². The van der Waals surface area contributed by atoms with Crippen LogP contribution in [-0.4, -0.2) is 46.4 Å². The summed E-state index contributed by atoms with van der Waals surface area (Å²) in [4.78, 5) is 25.8. The van der Waals surface area contributed by atoms with Crippen molar-refractivity contribution in [3.63, 3.8) is 0 Å². The van der Waals surface area contributed by atoms with Crippen molar-refractivity contribution in [3.05, 3.63) is 34.3 Å². The molecule has 132 valence electrons. The zero-order valence-corrected chi connectivity index (χ0v) is 15.6. The van der Waals surface area contributed by atoms with Crippen molar-refractivity contribution in [1.29, 1.82) is 0 Å². The molecule has 2 rings (SSSR count). The molecule has 1 fully saturated rings. The van der Waals surface area contributed by atoms with Crippen LogP contribution in [0.4, 0.5) is 4.79 Å². The predicted molar refractivity (Wildman–Crippen MR) is 91.3 cm³/mol. The third-order valence-electron chi connectivity index (χ3n) is 3.47. The van der Waals surface area contributed by atoms with Crippen molar-refractivity contribution in [2.75, 3.05) is 6.54 Å². The second kappa shape index (κ2) is 7.53. The molecule has 0 spiro atoms. The van der Waals surface area contributed by atoms with Gasteiger partial charge < -0.3 is 14.6 Å². The van der Waals surface area contributed by atoms with Gasteiger partial charge in [0.15, 0.2) is 0 Å². The van der Waals surface area contributed by atoms with Crippen LogP contribution < -0.4 is 0 Å². The normalized spacial score (nSPS) is 20.8. The number of hydrogen-bond acceptors (Lipinski definition) is 5. The van der Waals surface area contributed by atoms with Gasteiger partial charge in [-0.2, -0.15) is 0 Å². The molecule has 1 aromatic carbocycles. The number of nitrogens with zero attached hydrogens (tertiary/aromatic N) is 1. The lowest BCUT2D eigenvalue weighted by Crippen LogP contribution is -2.44. The molecule has 1 aliphatic rings. The number of rotatable bonds is 3. The number of carbonyl (C=O) groups excluding carboxylic acids is 2. The van der Waals surface area contributed by atoms with Gasteiger partial charge in [0.1, 0.15) is 18.2 Å². The Labute approximate surface area is 149 Å². The molecule has 1 amide bonds. The van der Waals surface area contributed by atoms with Crippen molar-refractivity contribution in [1.82, 2.24) is 4.90 Å². The lowest BCUT2D eigenvalue weighted by Gasteiger charge is -2.27. The molecule has 0 bridgehead atoms. The molecular formula is C17H22BrNO5. The molecule has 1 heterocycles. The van der Waals surface area contributed by atoms with Gasteiger partial charge in [-0.05, 0) is 38.5 Å². The molecule has 0 unspecified atom stereocenters. The van der Waals surface area contributed by atoms with E-state index in [2.05, 4.69) is 15.9 Å². The molecule has 1 saturated heterocycles. The Morgan fingerprint density at radius 3 is 2.50 bits per heavy atom. The van der Waals surface area contributed by atoms with E-state index in [1.807, 2.05) is 24.3 Å². The zero-order valence-electron chi connectivity index (χ0n) is 14.0. The highest BCUT2D eigenvalue weighted by Crippen LogP contribution is 2.23. The maximum Gasteiger partial charge on any atom is 0.411 e. The standard InChI is InChI=1S/C17H22BrNO5/c1-17(2,3)24-16(22)19-9-13(20)8-14(19)15(21)23-10-11-4-6-12(18)7-5-11/h4-7,13-14,20H,8-10H2,1-3H3/t13-,14+/m1/s1. The highest BCUT2D eigenvalue weighted by Gasteiger charge is 2.41. The summed E-state index contributed by atoms with van der Waals surface area (Å²) in [6, 6.07) is 6.56. The fourth-order valence-electron chi connectivity index (χ4n) is 2.39. The number of β-amino-alcohol motifs (C(OH)–C–C–N with tert-alkyl or cyclic N) is 1. The van der Waals surface area contributed by atoms with Gasteiger partial charge in [0.25, 0.3) is 0 Å². The minimum atomic E-state index is -0.828. The van der Waals surface area contributed by atoms with Gasteiger partial charge >= 0.3 is 12.1 Å². The summed E-state index contributed by atoms with van der Waals surface area (Å²) >= 11 is 3.34. The lowest BCUT2D eigenvalue weighted by atomic mass is 10.2. The van der Waals surface area contributed by atoms with E-state index in [4.69, 9.17) is 9.47 Å². The summed E-state index contributed by atoms with van der Waals surface area (Å²) in [6.07, 6.45) is -1.23. The SMILES string of the molecule is CC(C)(C)OC(=O)N1C[C@H](O)C[C@H]1C(=O)OCc1ccc(Br)cc1. The number of likely N-dealkylation sites (tertiary alicyclic amines) is 1. The number of benzene rings is 1. The molecular weight excluding hydrogens is 378 g/mol. The Hall–Kier alpha value is -1.60. The van der Waals surface area contributed by atoms with Gasteiger partial charge in [-0.25, -0.2) is 9.59 Å². The molecule has 24 heavy (non-hydrogen) atoms. The van der Waals surface area contributed by atoms with Crippen molar-refractivity contribution >= 4 is 28.0 Å². The lowest BCUT2D eigenvalue weighted by molar-refractivity contribution is -0.150. The minimum Gasteiger partial charge on any atom is -0.459 e. The first-order valence-electron chi connectivity index (χ1n) is 7.74. The van der Waals surface area contributed by atoms with E-state index >= 15 is 0 Å². The second-order valence-electron chi connectivity index (χ2n) is 6.77. The summed E-state index contributed by atoms with van der Waals surface area (Å²) < 4.78 is 11.5. The zero-order chi connectivity index (χ0) is 17.9. The van der Waals surface area contributed by atoms with E-state index < -0.39 is 29.8 Å². The van der Waals surface area contributed by atoms with E-state index in [1.54, 1.807) is 20.8 Å². The summed E-state index contributed by atoms with van der Waals surface area (Å²) in [5.74, 6) is -0.541. The Morgan fingerprint density at radius 2 is 1.92 bits per heavy atom. The van der Waals surface area contributed by atoms with Gasteiger partial charge in [0.05, 0.1) is 12.6 Å². The van der Waals surface area contributed by atoms with Gasteiger partial charge in [-0.15, -0.1) is 0 Å². The highest BCUT2D eigenvalue weighted by atomic mass is 79.9. The maximum absolute atomic E-state index is 12.3. The van der Waals surface area contributed by atoms with E-state index in [9.17, 15) is 14.7 Å². The van der Waals surface area contributed by atoms with Gasteiger partial charge in [-0.3, -0.25) is 4.90 Å².